The first-order valence-electron chi connectivity index (χ1n) is 5.57. The third-order valence-corrected chi connectivity index (χ3v) is 3.11. The third-order valence-electron chi connectivity index (χ3n) is 3.11. The summed E-state index contributed by atoms with van der Waals surface area (Å²) in [5.41, 5.74) is 0.337. The van der Waals surface area contributed by atoms with Crippen LogP contribution in [-0.2, 0) is 0 Å². The van der Waals surface area contributed by atoms with E-state index in [2.05, 4.69) is 15.3 Å². The Labute approximate surface area is 93.9 Å². The van der Waals surface area contributed by atoms with Crippen LogP contribution in [0.15, 0.2) is 6.33 Å². The van der Waals surface area contributed by atoms with Crippen molar-refractivity contribution in [3.8, 4) is 0 Å². The van der Waals surface area contributed by atoms with Gasteiger partial charge in [-0.05, 0) is 19.8 Å². The maximum absolute atomic E-state index is 13.5. The molecule has 2 unspecified atom stereocenters. The van der Waals surface area contributed by atoms with Crippen molar-refractivity contribution in [1.82, 2.24) is 9.97 Å². The number of anilines is 1. The summed E-state index contributed by atoms with van der Waals surface area (Å²) in [5.74, 6) is 0.0243. The number of nitrogens with zero attached hydrogens (tertiary/aromatic N) is 2. The predicted octanol–water partition coefficient (Wildman–Crippen LogP) is 1.50. The highest BCUT2D eigenvalue weighted by Crippen LogP contribution is 2.25. The van der Waals surface area contributed by atoms with Crippen molar-refractivity contribution in [2.45, 2.75) is 32.3 Å². The Kier molecular flexibility index (Phi) is 3.33. The normalized spacial score (nSPS) is 24.7. The topological polar surface area (TPSA) is 58.0 Å². The van der Waals surface area contributed by atoms with E-state index < -0.39 is 5.82 Å². The van der Waals surface area contributed by atoms with Gasteiger partial charge in [0.2, 0.25) is 0 Å². The molecular weight excluding hydrogens is 209 g/mol. The van der Waals surface area contributed by atoms with Gasteiger partial charge in [-0.3, -0.25) is 0 Å². The summed E-state index contributed by atoms with van der Waals surface area (Å²) >= 11 is 0. The van der Waals surface area contributed by atoms with Crippen LogP contribution >= 0.6 is 0 Å². The number of hydrogen-bond donors (Lipinski definition) is 2. The summed E-state index contributed by atoms with van der Waals surface area (Å²) in [6.45, 7) is 2.17. The van der Waals surface area contributed by atoms with E-state index in [0.29, 0.717) is 12.2 Å². The number of aromatic nitrogens is 2. The van der Waals surface area contributed by atoms with Crippen molar-refractivity contribution >= 4 is 5.82 Å². The molecule has 1 aliphatic rings. The number of rotatable bonds is 3. The highest BCUT2D eigenvalue weighted by atomic mass is 19.1. The van der Waals surface area contributed by atoms with Gasteiger partial charge in [-0.1, -0.05) is 6.42 Å². The lowest BCUT2D eigenvalue weighted by Crippen LogP contribution is -2.22. The van der Waals surface area contributed by atoms with Gasteiger partial charge in [0.15, 0.2) is 11.6 Å². The SMILES string of the molecule is Cc1ncnc(NCC2CCCC2O)c1F. The molecule has 1 aliphatic carbocycles. The van der Waals surface area contributed by atoms with E-state index in [9.17, 15) is 9.50 Å². The molecule has 1 fully saturated rings. The first-order valence-corrected chi connectivity index (χ1v) is 5.57. The lowest BCUT2D eigenvalue weighted by molar-refractivity contribution is 0.138. The van der Waals surface area contributed by atoms with Gasteiger partial charge in [0.25, 0.3) is 0 Å². The molecule has 0 saturated heterocycles. The molecule has 0 radical (unpaired) electrons. The molecule has 0 aromatic carbocycles. The van der Waals surface area contributed by atoms with Crippen molar-refractivity contribution < 1.29 is 9.50 Å². The molecule has 2 N–H and O–H groups in total. The fourth-order valence-corrected chi connectivity index (χ4v) is 2.06. The highest BCUT2D eigenvalue weighted by molar-refractivity contribution is 5.36. The fraction of sp³-hybridized carbons (Fsp3) is 0.636. The number of hydrogen-bond acceptors (Lipinski definition) is 4. The molecule has 0 aliphatic heterocycles. The van der Waals surface area contributed by atoms with Gasteiger partial charge in [-0.2, -0.15) is 0 Å². The summed E-state index contributed by atoms with van der Waals surface area (Å²) in [4.78, 5) is 7.60. The lowest BCUT2D eigenvalue weighted by atomic mass is 10.1. The van der Waals surface area contributed by atoms with Crippen LogP contribution in [0, 0.1) is 18.7 Å². The predicted molar refractivity (Wildman–Crippen MR) is 58.6 cm³/mol. The summed E-state index contributed by atoms with van der Waals surface area (Å²) in [6, 6.07) is 0. The molecule has 5 heteroatoms. The van der Waals surface area contributed by atoms with Crippen LogP contribution in [0.3, 0.4) is 0 Å². The quantitative estimate of drug-likeness (QED) is 0.818. The molecule has 2 rings (SSSR count). The zero-order valence-corrected chi connectivity index (χ0v) is 9.28. The van der Waals surface area contributed by atoms with E-state index in [1.807, 2.05) is 0 Å². The Bertz CT molecular complexity index is 372. The Morgan fingerprint density at radius 3 is 3.00 bits per heavy atom. The summed E-state index contributed by atoms with van der Waals surface area (Å²) in [5, 5.41) is 12.6. The molecule has 16 heavy (non-hydrogen) atoms. The molecular formula is C11H16FN3O. The third kappa shape index (κ3) is 2.29. The molecule has 1 aromatic heterocycles. The molecule has 0 spiro atoms. The van der Waals surface area contributed by atoms with E-state index in [1.54, 1.807) is 6.92 Å². The molecule has 88 valence electrons. The monoisotopic (exact) mass is 225 g/mol. The fourth-order valence-electron chi connectivity index (χ4n) is 2.06. The molecule has 1 heterocycles. The molecule has 2 atom stereocenters. The Hall–Kier alpha value is -1.23. The molecule has 1 aromatic rings. The zero-order chi connectivity index (χ0) is 11.5. The van der Waals surface area contributed by atoms with Gasteiger partial charge in [0, 0.05) is 12.5 Å². The Balaban J connectivity index is 1.96. The molecule has 0 amide bonds. The number of aliphatic hydroxyl groups excluding tert-OH is 1. The maximum atomic E-state index is 13.5. The molecule has 1 saturated carbocycles. The lowest BCUT2D eigenvalue weighted by Gasteiger charge is -2.15. The van der Waals surface area contributed by atoms with E-state index in [0.717, 1.165) is 19.3 Å². The van der Waals surface area contributed by atoms with Crippen LogP contribution < -0.4 is 5.32 Å². The van der Waals surface area contributed by atoms with Crippen LogP contribution in [0.1, 0.15) is 25.0 Å². The Morgan fingerprint density at radius 1 is 1.50 bits per heavy atom. The number of halogens is 1. The van der Waals surface area contributed by atoms with E-state index in [-0.39, 0.29) is 17.8 Å². The highest BCUT2D eigenvalue weighted by Gasteiger charge is 2.25. The average Bonchev–Trinajstić information content (AvgIpc) is 2.67. The van der Waals surface area contributed by atoms with Gasteiger partial charge in [-0.15, -0.1) is 0 Å². The van der Waals surface area contributed by atoms with Crippen molar-refractivity contribution in [3.63, 3.8) is 0 Å². The van der Waals surface area contributed by atoms with Gasteiger partial charge in [0.1, 0.15) is 6.33 Å². The van der Waals surface area contributed by atoms with Gasteiger partial charge in [0.05, 0.1) is 11.8 Å². The van der Waals surface area contributed by atoms with Crippen molar-refractivity contribution in [1.29, 1.82) is 0 Å². The second kappa shape index (κ2) is 4.74. The smallest absolute Gasteiger partial charge is 0.186 e. The zero-order valence-electron chi connectivity index (χ0n) is 9.28. The van der Waals surface area contributed by atoms with Crippen LogP contribution in [0.2, 0.25) is 0 Å². The maximum Gasteiger partial charge on any atom is 0.186 e. The van der Waals surface area contributed by atoms with Crippen LogP contribution in [0.4, 0.5) is 10.2 Å². The number of aryl methyl sites for hydroxylation is 1. The van der Waals surface area contributed by atoms with Crippen molar-refractivity contribution in [3.05, 3.63) is 17.8 Å². The summed E-state index contributed by atoms with van der Waals surface area (Å²) in [7, 11) is 0. The van der Waals surface area contributed by atoms with Crippen molar-refractivity contribution in [2.24, 2.45) is 5.92 Å². The average molecular weight is 225 g/mol. The van der Waals surface area contributed by atoms with Gasteiger partial charge in [-0.25, -0.2) is 14.4 Å². The minimum Gasteiger partial charge on any atom is -0.393 e. The minimum absolute atomic E-state index is 0.203. The standard InChI is InChI=1S/C11H16FN3O/c1-7-10(12)11(15-6-14-7)13-5-8-3-2-4-9(8)16/h6,8-9,16H,2-5H2,1H3,(H,13,14,15). The van der Waals surface area contributed by atoms with E-state index in [4.69, 9.17) is 0 Å². The van der Waals surface area contributed by atoms with Crippen LogP contribution in [0.25, 0.3) is 0 Å². The number of nitrogens with one attached hydrogen (secondary N) is 1. The van der Waals surface area contributed by atoms with E-state index in [1.165, 1.54) is 6.33 Å². The summed E-state index contributed by atoms with van der Waals surface area (Å²) < 4.78 is 13.5. The number of aliphatic hydroxyl groups is 1. The second-order valence-electron chi connectivity index (χ2n) is 4.26. The van der Waals surface area contributed by atoms with Crippen LogP contribution in [-0.4, -0.2) is 27.7 Å². The molecule has 4 nitrogen and oxygen atoms in total. The minimum atomic E-state index is -0.407. The summed E-state index contributed by atoms with van der Waals surface area (Å²) in [6.07, 6.45) is 3.95. The first-order chi connectivity index (χ1) is 7.68. The van der Waals surface area contributed by atoms with E-state index >= 15 is 0 Å². The van der Waals surface area contributed by atoms with Crippen molar-refractivity contribution in [2.75, 3.05) is 11.9 Å². The molecule has 0 bridgehead atoms. The van der Waals surface area contributed by atoms with Gasteiger partial charge < -0.3 is 10.4 Å². The largest absolute Gasteiger partial charge is 0.393 e. The van der Waals surface area contributed by atoms with Crippen LogP contribution in [0.5, 0.6) is 0 Å². The first kappa shape index (κ1) is 11.3. The van der Waals surface area contributed by atoms with Gasteiger partial charge >= 0.3 is 0 Å². The second-order valence-corrected chi connectivity index (χ2v) is 4.26. The Morgan fingerprint density at radius 2 is 2.31 bits per heavy atom.